The van der Waals surface area contributed by atoms with Crippen LogP contribution in [0.5, 0.6) is 5.75 Å². The number of fused-ring (bicyclic) bond motifs is 1. The highest BCUT2D eigenvalue weighted by atomic mass is 16.5. The summed E-state index contributed by atoms with van der Waals surface area (Å²) >= 11 is 0. The predicted molar refractivity (Wildman–Crippen MR) is 55.8 cm³/mol. The second-order valence-electron chi connectivity index (χ2n) is 3.63. The van der Waals surface area contributed by atoms with Crippen molar-refractivity contribution in [3.05, 3.63) is 23.8 Å². The standard InChI is InChI=1S/C11H15NO2/c1-8-2-3-11-10(6-8)12-7-9(14-11)4-5-13/h2-3,6,9,12-13H,4-5,7H2,1H3/t9-/m0/s1. The topological polar surface area (TPSA) is 41.5 Å². The number of aryl methyl sites for hydroxylation is 1. The molecule has 2 rings (SSSR count). The molecular formula is C11H15NO2. The Morgan fingerprint density at radius 3 is 3.21 bits per heavy atom. The molecule has 1 aliphatic rings. The Hall–Kier alpha value is -1.22. The van der Waals surface area contributed by atoms with E-state index in [1.54, 1.807) is 0 Å². The Morgan fingerprint density at radius 2 is 2.43 bits per heavy atom. The molecule has 3 nitrogen and oxygen atoms in total. The third kappa shape index (κ3) is 1.82. The van der Waals surface area contributed by atoms with E-state index in [9.17, 15) is 0 Å². The van der Waals surface area contributed by atoms with Crippen molar-refractivity contribution in [2.75, 3.05) is 18.5 Å². The van der Waals surface area contributed by atoms with E-state index in [2.05, 4.69) is 18.3 Å². The Kier molecular flexibility index (Phi) is 2.59. The first-order valence-corrected chi connectivity index (χ1v) is 4.91. The van der Waals surface area contributed by atoms with Crippen molar-refractivity contribution in [3.63, 3.8) is 0 Å². The van der Waals surface area contributed by atoms with Gasteiger partial charge in [0.2, 0.25) is 0 Å². The monoisotopic (exact) mass is 193 g/mol. The fourth-order valence-corrected chi connectivity index (χ4v) is 1.63. The van der Waals surface area contributed by atoms with E-state index in [0.29, 0.717) is 6.42 Å². The van der Waals surface area contributed by atoms with Gasteiger partial charge in [0.15, 0.2) is 0 Å². The van der Waals surface area contributed by atoms with Crippen molar-refractivity contribution in [1.29, 1.82) is 0 Å². The van der Waals surface area contributed by atoms with E-state index in [4.69, 9.17) is 9.84 Å². The summed E-state index contributed by atoms with van der Waals surface area (Å²) in [5.74, 6) is 0.889. The van der Waals surface area contributed by atoms with Crippen molar-refractivity contribution < 1.29 is 9.84 Å². The maximum atomic E-state index is 8.80. The third-order valence-electron chi connectivity index (χ3n) is 2.40. The van der Waals surface area contributed by atoms with Crippen LogP contribution in [0.15, 0.2) is 18.2 Å². The van der Waals surface area contributed by atoms with Crippen LogP contribution >= 0.6 is 0 Å². The van der Waals surface area contributed by atoms with Crippen LogP contribution in [0.25, 0.3) is 0 Å². The summed E-state index contributed by atoms with van der Waals surface area (Å²) in [7, 11) is 0. The van der Waals surface area contributed by atoms with Gasteiger partial charge in [-0.1, -0.05) is 6.07 Å². The van der Waals surface area contributed by atoms with Crippen molar-refractivity contribution >= 4 is 5.69 Å². The summed E-state index contributed by atoms with van der Waals surface area (Å²) in [6.45, 7) is 3.01. The molecule has 0 saturated heterocycles. The zero-order chi connectivity index (χ0) is 9.97. The molecule has 14 heavy (non-hydrogen) atoms. The number of ether oxygens (including phenoxy) is 1. The number of benzene rings is 1. The lowest BCUT2D eigenvalue weighted by Gasteiger charge is -2.27. The maximum absolute atomic E-state index is 8.80. The fraction of sp³-hybridized carbons (Fsp3) is 0.455. The first kappa shape index (κ1) is 9.34. The van der Waals surface area contributed by atoms with Gasteiger partial charge in [-0.2, -0.15) is 0 Å². The first-order valence-electron chi connectivity index (χ1n) is 4.91. The van der Waals surface area contributed by atoms with Crippen LogP contribution < -0.4 is 10.1 Å². The van der Waals surface area contributed by atoms with Gasteiger partial charge in [-0.05, 0) is 24.6 Å². The minimum atomic E-state index is 0.0928. The van der Waals surface area contributed by atoms with Crippen molar-refractivity contribution in [3.8, 4) is 5.75 Å². The zero-order valence-corrected chi connectivity index (χ0v) is 8.29. The van der Waals surface area contributed by atoms with E-state index in [1.165, 1.54) is 5.56 Å². The molecule has 2 N–H and O–H groups in total. The van der Waals surface area contributed by atoms with Crippen LogP contribution in [0.4, 0.5) is 5.69 Å². The molecule has 3 heteroatoms. The Balaban J connectivity index is 2.15. The average Bonchev–Trinajstić information content (AvgIpc) is 2.19. The number of hydrogen-bond acceptors (Lipinski definition) is 3. The van der Waals surface area contributed by atoms with Crippen LogP contribution in [0.3, 0.4) is 0 Å². The minimum Gasteiger partial charge on any atom is -0.486 e. The van der Waals surface area contributed by atoms with E-state index in [0.717, 1.165) is 18.0 Å². The van der Waals surface area contributed by atoms with Crippen LogP contribution in [-0.4, -0.2) is 24.4 Å². The molecule has 0 radical (unpaired) electrons. The highest BCUT2D eigenvalue weighted by Crippen LogP contribution is 2.30. The van der Waals surface area contributed by atoms with Gasteiger partial charge in [0.1, 0.15) is 11.9 Å². The van der Waals surface area contributed by atoms with Gasteiger partial charge in [0.25, 0.3) is 0 Å². The van der Waals surface area contributed by atoms with Gasteiger partial charge in [0.05, 0.1) is 12.2 Å². The van der Waals surface area contributed by atoms with Gasteiger partial charge in [-0.3, -0.25) is 0 Å². The second-order valence-corrected chi connectivity index (χ2v) is 3.63. The van der Waals surface area contributed by atoms with Crippen molar-refractivity contribution in [1.82, 2.24) is 0 Å². The summed E-state index contributed by atoms with van der Waals surface area (Å²) in [5.41, 5.74) is 2.28. The zero-order valence-electron chi connectivity index (χ0n) is 8.29. The smallest absolute Gasteiger partial charge is 0.142 e. The van der Waals surface area contributed by atoms with Gasteiger partial charge in [-0.15, -0.1) is 0 Å². The Morgan fingerprint density at radius 1 is 1.57 bits per heavy atom. The number of hydrogen-bond donors (Lipinski definition) is 2. The maximum Gasteiger partial charge on any atom is 0.142 e. The molecule has 76 valence electrons. The average molecular weight is 193 g/mol. The molecule has 0 amide bonds. The van der Waals surface area contributed by atoms with E-state index in [-0.39, 0.29) is 12.7 Å². The molecule has 1 aliphatic heterocycles. The molecule has 0 aliphatic carbocycles. The van der Waals surface area contributed by atoms with E-state index < -0.39 is 0 Å². The summed E-state index contributed by atoms with van der Waals surface area (Å²) in [6.07, 6.45) is 0.774. The van der Waals surface area contributed by atoms with Crippen molar-refractivity contribution in [2.24, 2.45) is 0 Å². The fourth-order valence-electron chi connectivity index (χ4n) is 1.63. The lowest BCUT2D eigenvalue weighted by molar-refractivity contribution is 0.158. The predicted octanol–water partition coefficient (Wildman–Crippen LogP) is 1.55. The minimum absolute atomic E-state index is 0.0928. The highest BCUT2D eigenvalue weighted by Gasteiger charge is 2.18. The molecule has 1 aromatic carbocycles. The normalized spacial score (nSPS) is 19.4. The van der Waals surface area contributed by atoms with Crippen LogP contribution in [0, 0.1) is 6.92 Å². The van der Waals surface area contributed by atoms with Gasteiger partial charge < -0.3 is 15.2 Å². The molecule has 1 atom stereocenters. The third-order valence-corrected chi connectivity index (χ3v) is 2.40. The summed E-state index contributed by atoms with van der Waals surface area (Å²) in [5, 5.41) is 12.1. The van der Waals surface area contributed by atoms with Gasteiger partial charge >= 0.3 is 0 Å². The highest BCUT2D eigenvalue weighted by molar-refractivity contribution is 5.59. The van der Waals surface area contributed by atoms with Crippen molar-refractivity contribution in [2.45, 2.75) is 19.4 Å². The van der Waals surface area contributed by atoms with Crippen LogP contribution in [-0.2, 0) is 0 Å². The Labute approximate surface area is 83.7 Å². The molecular weight excluding hydrogens is 178 g/mol. The van der Waals surface area contributed by atoms with E-state index >= 15 is 0 Å². The number of rotatable bonds is 2. The number of nitrogens with one attached hydrogen (secondary N) is 1. The largest absolute Gasteiger partial charge is 0.486 e. The van der Waals surface area contributed by atoms with E-state index in [1.807, 2.05) is 12.1 Å². The van der Waals surface area contributed by atoms with Crippen LogP contribution in [0.2, 0.25) is 0 Å². The summed E-state index contributed by atoms with van der Waals surface area (Å²) in [6, 6.07) is 6.08. The molecule has 0 bridgehead atoms. The molecule has 0 unspecified atom stereocenters. The van der Waals surface area contributed by atoms with Gasteiger partial charge in [0, 0.05) is 13.0 Å². The lowest BCUT2D eigenvalue weighted by Crippen LogP contribution is -2.31. The summed E-state index contributed by atoms with van der Waals surface area (Å²) < 4.78 is 5.70. The SMILES string of the molecule is Cc1ccc2c(c1)NC[C@H](CCO)O2. The molecule has 0 aromatic heterocycles. The van der Waals surface area contributed by atoms with Crippen LogP contribution in [0.1, 0.15) is 12.0 Å². The lowest BCUT2D eigenvalue weighted by atomic mass is 10.1. The molecule has 0 fully saturated rings. The van der Waals surface area contributed by atoms with Gasteiger partial charge in [-0.25, -0.2) is 0 Å². The number of anilines is 1. The molecule has 1 heterocycles. The number of aliphatic hydroxyl groups excluding tert-OH is 1. The molecule has 0 saturated carbocycles. The quantitative estimate of drug-likeness (QED) is 0.748. The number of aliphatic hydroxyl groups is 1. The first-order chi connectivity index (χ1) is 6.79. The summed E-state index contributed by atoms with van der Waals surface area (Å²) in [4.78, 5) is 0. The molecule has 1 aromatic rings. The second kappa shape index (κ2) is 3.88. The Bertz CT molecular complexity index is 325. The molecule has 0 spiro atoms.